The first-order valence-corrected chi connectivity index (χ1v) is 8.89. The van der Waals surface area contributed by atoms with E-state index in [1.165, 1.54) is 16.7 Å². The van der Waals surface area contributed by atoms with Crippen LogP contribution in [0.25, 0.3) is 0 Å². The number of rotatable bonds is 5. The number of ether oxygens (including phenoxy) is 2. The smallest absolute Gasteiger partial charge is 0.258 e. The lowest BCUT2D eigenvalue weighted by Gasteiger charge is -2.31. The second-order valence-corrected chi connectivity index (χ2v) is 6.61. The number of hydrogen-bond acceptors (Lipinski definition) is 3. The van der Waals surface area contributed by atoms with Gasteiger partial charge in [0, 0.05) is 17.8 Å². The molecule has 0 aliphatic carbocycles. The molecule has 2 aromatic carbocycles. The first kappa shape index (κ1) is 18.1. The average Bonchev–Trinajstić information content (AvgIpc) is 2.65. The fraction of sp³-hybridized carbons (Fsp3) is 0.318. The molecular weight excluding hydrogens is 326 g/mol. The van der Waals surface area contributed by atoms with Gasteiger partial charge < -0.3 is 14.4 Å². The zero-order valence-corrected chi connectivity index (χ0v) is 15.7. The number of amides is 1. The molecule has 3 rings (SSSR count). The quantitative estimate of drug-likeness (QED) is 0.746. The van der Waals surface area contributed by atoms with E-state index in [4.69, 9.17) is 9.47 Å². The van der Waals surface area contributed by atoms with E-state index >= 15 is 0 Å². The van der Waals surface area contributed by atoms with Crippen LogP contribution in [0.4, 0.5) is 5.69 Å². The van der Waals surface area contributed by atoms with Crippen LogP contribution in [0.5, 0.6) is 11.5 Å². The molecule has 1 aliphatic heterocycles. The summed E-state index contributed by atoms with van der Waals surface area (Å²) < 4.78 is 11.0. The molecule has 1 amide bonds. The van der Waals surface area contributed by atoms with Crippen molar-refractivity contribution in [1.29, 1.82) is 0 Å². The molecule has 0 unspecified atom stereocenters. The van der Waals surface area contributed by atoms with E-state index in [0.717, 1.165) is 25.1 Å². The molecule has 1 aliphatic rings. The molecule has 0 atom stereocenters. The molecule has 0 N–H and O–H groups in total. The van der Waals surface area contributed by atoms with Crippen molar-refractivity contribution in [2.45, 2.75) is 26.7 Å². The number of carbonyl (C=O) groups is 1. The number of carbonyl (C=O) groups excluding carboxylic acids is 1. The van der Waals surface area contributed by atoms with Crippen molar-refractivity contribution in [2.24, 2.45) is 0 Å². The van der Waals surface area contributed by atoms with Crippen molar-refractivity contribution < 1.29 is 14.3 Å². The molecule has 0 spiro atoms. The van der Waals surface area contributed by atoms with Crippen LogP contribution in [0.15, 0.2) is 43.0 Å². The van der Waals surface area contributed by atoms with E-state index in [2.05, 4.69) is 32.6 Å². The van der Waals surface area contributed by atoms with Gasteiger partial charge in [-0.1, -0.05) is 18.7 Å². The molecule has 4 heteroatoms. The molecule has 0 fully saturated rings. The van der Waals surface area contributed by atoms with Gasteiger partial charge in [0.05, 0.1) is 7.11 Å². The maximum Gasteiger partial charge on any atom is 0.258 e. The fourth-order valence-corrected chi connectivity index (χ4v) is 3.51. The summed E-state index contributed by atoms with van der Waals surface area (Å²) in [4.78, 5) is 15.1. The van der Waals surface area contributed by atoms with E-state index in [0.29, 0.717) is 23.7 Å². The van der Waals surface area contributed by atoms with Crippen LogP contribution < -0.4 is 14.4 Å². The fourth-order valence-electron chi connectivity index (χ4n) is 3.51. The summed E-state index contributed by atoms with van der Waals surface area (Å²) in [5, 5.41) is 0. The number of anilines is 1. The van der Waals surface area contributed by atoms with Crippen LogP contribution in [-0.4, -0.2) is 26.2 Å². The molecule has 0 bridgehead atoms. The summed E-state index contributed by atoms with van der Waals surface area (Å²) in [6.45, 7) is 8.95. The Bertz CT molecular complexity index is 842. The molecule has 1 heterocycles. The van der Waals surface area contributed by atoms with Crippen molar-refractivity contribution in [2.75, 3.05) is 25.2 Å². The molecule has 4 nitrogen and oxygen atoms in total. The highest BCUT2D eigenvalue weighted by atomic mass is 16.5. The van der Waals surface area contributed by atoms with Gasteiger partial charge in [0.2, 0.25) is 0 Å². The second-order valence-electron chi connectivity index (χ2n) is 6.61. The number of hydrogen-bond donors (Lipinski definition) is 0. The van der Waals surface area contributed by atoms with Crippen LogP contribution in [0.2, 0.25) is 0 Å². The Hall–Kier alpha value is -2.75. The third kappa shape index (κ3) is 3.45. The number of methoxy groups -OCH3 is 1. The van der Waals surface area contributed by atoms with Crippen molar-refractivity contribution in [1.82, 2.24) is 0 Å². The summed E-state index contributed by atoms with van der Waals surface area (Å²) >= 11 is 0. The Labute approximate surface area is 155 Å². The second kappa shape index (κ2) is 7.65. The van der Waals surface area contributed by atoms with Gasteiger partial charge in [-0.25, -0.2) is 0 Å². The molecule has 26 heavy (non-hydrogen) atoms. The summed E-state index contributed by atoms with van der Waals surface area (Å²) in [6, 6.07) is 9.61. The third-order valence-electron chi connectivity index (χ3n) is 4.71. The highest BCUT2D eigenvalue weighted by molar-refractivity contribution is 6.07. The van der Waals surface area contributed by atoms with Crippen LogP contribution in [0.1, 0.15) is 33.5 Å². The first-order valence-electron chi connectivity index (χ1n) is 8.89. The molecule has 136 valence electrons. The maximum atomic E-state index is 13.2. The molecule has 0 saturated heterocycles. The minimum Gasteiger partial charge on any atom is -0.493 e. The van der Waals surface area contributed by atoms with Crippen molar-refractivity contribution in [3.05, 3.63) is 65.2 Å². The van der Waals surface area contributed by atoms with Crippen LogP contribution in [0.3, 0.4) is 0 Å². The van der Waals surface area contributed by atoms with Gasteiger partial charge >= 0.3 is 0 Å². The molecule has 0 radical (unpaired) electrons. The zero-order chi connectivity index (χ0) is 18.7. The Morgan fingerprint density at radius 2 is 2.04 bits per heavy atom. The normalized spacial score (nSPS) is 13.1. The van der Waals surface area contributed by atoms with E-state index < -0.39 is 0 Å². The highest BCUT2D eigenvalue weighted by Gasteiger charge is 2.25. The minimum atomic E-state index is -0.00970. The standard InChI is InChI=1S/C22H25NO3/c1-5-11-26-20-9-8-17(14-21(20)25-4)22(24)23-10-6-7-18-16(3)12-15(2)13-19(18)23/h5,8-9,12-14H,1,6-7,10-11H2,2-4H3. The summed E-state index contributed by atoms with van der Waals surface area (Å²) in [7, 11) is 1.58. The SMILES string of the molecule is C=CCOc1ccc(C(=O)N2CCCc3c(C)cc(C)cc32)cc1OC. The minimum absolute atomic E-state index is 0.00970. The number of nitrogens with zero attached hydrogens (tertiary/aromatic N) is 1. The first-order chi connectivity index (χ1) is 12.5. The van der Waals surface area contributed by atoms with Gasteiger partial charge in [0.15, 0.2) is 11.5 Å². The van der Waals surface area contributed by atoms with Gasteiger partial charge in [-0.15, -0.1) is 0 Å². The van der Waals surface area contributed by atoms with Gasteiger partial charge in [-0.05, 0) is 67.6 Å². The molecule has 0 aromatic heterocycles. The Morgan fingerprint density at radius 3 is 2.77 bits per heavy atom. The van der Waals surface area contributed by atoms with Gasteiger partial charge in [0.1, 0.15) is 6.61 Å². The lowest BCUT2D eigenvalue weighted by Crippen LogP contribution is -2.35. The maximum absolute atomic E-state index is 13.2. The summed E-state index contributed by atoms with van der Waals surface area (Å²) in [5.74, 6) is 1.15. The van der Waals surface area contributed by atoms with Gasteiger partial charge in [0.25, 0.3) is 5.91 Å². The largest absolute Gasteiger partial charge is 0.493 e. The average molecular weight is 351 g/mol. The molecule has 2 aromatic rings. The monoisotopic (exact) mass is 351 g/mol. The predicted molar refractivity (Wildman–Crippen MR) is 105 cm³/mol. The zero-order valence-electron chi connectivity index (χ0n) is 15.7. The predicted octanol–water partition coefficient (Wildman–Crippen LogP) is 4.47. The van der Waals surface area contributed by atoms with E-state index in [1.807, 2.05) is 4.90 Å². The summed E-state index contributed by atoms with van der Waals surface area (Å²) in [6.07, 6.45) is 3.66. The lowest BCUT2D eigenvalue weighted by atomic mass is 9.94. The Kier molecular flexibility index (Phi) is 5.31. The Balaban J connectivity index is 1.95. The lowest BCUT2D eigenvalue weighted by molar-refractivity contribution is 0.0984. The van der Waals surface area contributed by atoms with Gasteiger partial charge in [-0.3, -0.25) is 4.79 Å². The van der Waals surface area contributed by atoms with Gasteiger partial charge in [-0.2, -0.15) is 0 Å². The van der Waals surface area contributed by atoms with E-state index in [1.54, 1.807) is 31.4 Å². The number of fused-ring (bicyclic) bond motifs is 1. The number of benzene rings is 2. The van der Waals surface area contributed by atoms with E-state index in [-0.39, 0.29) is 5.91 Å². The topological polar surface area (TPSA) is 38.8 Å². The van der Waals surface area contributed by atoms with Crippen LogP contribution in [-0.2, 0) is 6.42 Å². The van der Waals surface area contributed by atoms with E-state index in [9.17, 15) is 4.79 Å². The van der Waals surface area contributed by atoms with Crippen molar-refractivity contribution >= 4 is 11.6 Å². The van der Waals surface area contributed by atoms with Crippen molar-refractivity contribution in [3.63, 3.8) is 0 Å². The highest BCUT2D eigenvalue weighted by Crippen LogP contribution is 2.34. The van der Waals surface area contributed by atoms with Crippen molar-refractivity contribution in [3.8, 4) is 11.5 Å². The Morgan fingerprint density at radius 1 is 1.23 bits per heavy atom. The number of aryl methyl sites for hydroxylation is 2. The molecule has 0 saturated carbocycles. The van der Waals surface area contributed by atoms with Crippen LogP contribution in [0, 0.1) is 13.8 Å². The molecular formula is C22H25NO3. The van der Waals surface area contributed by atoms with Crippen LogP contribution >= 0.6 is 0 Å². The summed E-state index contributed by atoms with van der Waals surface area (Å²) in [5.41, 5.74) is 5.33. The third-order valence-corrected chi connectivity index (χ3v) is 4.71.